The molecule has 1 heterocycles. The van der Waals surface area contributed by atoms with Crippen LogP contribution in [0.2, 0.25) is 0 Å². The Bertz CT molecular complexity index is 1270. The highest BCUT2D eigenvalue weighted by atomic mass is 16.7. The zero-order valence-corrected chi connectivity index (χ0v) is 18.5. The Morgan fingerprint density at radius 2 is 1.56 bits per heavy atom. The van der Waals surface area contributed by atoms with E-state index in [1.165, 1.54) is 0 Å². The number of hydrogen-bond acceptors (Lipinski definition) is 5. The Balaban J connectivity index is 1.52. The van der Waals surface area contributed by atoms with E-state index in [1.54, 1.807) is 54.8 Å². The van der Waals surface area contributed by atoms with Gasteiger partial charge in [-0.1, -0.05) is 60.7 Å². The van der Waals surface area contributed by atoms with E-state index in [0.717, 1.165) is 11.1 Å². The van der Waals surface area contributed by atoms with Gasteiger partial charge in [0.25, 0.3) is 11.8 Å². The molecule has 0 aliphatic carbocycles. The molecule has 0 bridgehead atoms. The number of carbonyl (C=O) groups is 2. The number of benzene rings is 3. The van der Waals surface area contributed by atoms with Gasteiger partial charge >= 0.3 is 0 Å². The van der Waals surface area contributed by atoms with E-state index in [2.05, 4.69) is 15.8 Å². The molecule has 7 heteroatoms. The Hall–Kier alpha value is -4.65. The number of fused-ring (bicyclic) bond motifs is 1. The summed E-state index contributed by atoms with van der Waals surface area (Å²) in [6, 6.07) is 23.7. The van der Waals surface area contributed by atoms with E-state index in [9.17, 15) is 9.59 Å². The molecule has 0 fully saturated rings. The molecule has 0 spiro atoms. The summed E-state index contributed by atoms with van der Waals surface area (Å²) >= 11 is 0. The highest BCUT2D eigenvalue weighted by molar-refractivity contribution is 6.05. The molecule has 1 aliphatic heterocycles. The van der Waals surface area contributed by atoms with Crippen LogP contribution < -0.4 is 20.2 Å². The second kappa shape index (κ2) is 10.8. The lowest BCUT2D eigenvalue weighted by atomic mass is 10.1. The Morgan fingerprint density at radius 1 is 0.853 bits per heavy atom. The molecule has 2 amide bonds. The monoisotopic (exact) mass is 453 g/mol. The van der Waals surface area contributed by atoms with Gasteiger partial charge in [0, 0.05) is 5.56 Å². The zero-order chi connectivity index (χ0) is 23.8. The van der Waals surface area contributed by atoms with Gasteiger partial charge in [0.15, 0.2) is 11.5 Å². The smallest absolute Gasteiger partial charge is 0.287 e. The highest BCUT2D eigenvalue weighted by Crippen LogP contribution is 2.33. The molecule has 170 valence electrons. The fourth-order valence-corrected chi connectivity index (χ4v) is 3.21. The second-order valence-electron chi connectivity index (χ2n) is 7.49. The number of ether oxygens (including phenoxy) is 2. The number of carbonyl (C=O) groups excluding carboxylic acids is 2. The van der Waals surface area contributed by atoms with E-state index < -0.39 is 11.8 Å². The van der Waals surface area contributed by atoms with Gasteiger partial charge in [0.05, 0.1) is 6.21 Å². The first kappa shape index (κ1) is 22.5. The van der Waals surface area contributed by atoms with Gasteiger partial charge in [0.1, 0.15) is 5.70 Å². The number of hydrogen-bond donors (Lipinski definition) is 2. The van der Waals surface area contributed by atoms with Crippen molar-refractivity contribution in [3.63, 3.8) is 0 Å². The van der Waals surface area contributed by atoms with Crippen LogP contribution in [0.15, 0.2) is 95.2 Å². The molecule has 0 saturated carbocycles. The fraction of sp³-hybridized carbons (Fsp3) is 0.0741. The summed E-state index contributed by atoms with van der Waals surface area (Å²) in [6.45, 7) is 2.02. The van der Waals surface area contributed by atoms with Crippen LogP contribution in [-0.2, 0) is 4.79 Å². The Morgan fingerprint density at radius 3 is 2.32 bits per heavy atom. The molecule has 4 rings (SSSR count). The molecule has 3 aromatic rings. The van der Waals surface area contributed by atoms with Crippen LogP contribution in [0.5, 0.6) is 11.5 Å². The van der Waals surface area contributed by atoms with Crippen molar-refractivity contribution in [2.75, 3.05) is 6.79 Å². The molecule has 2 N–H and O–H groups in total. The maximum atomic E-state index is 12.9. The van der Waals surface area contributed by atoms with E-state index in [-0.39, 0.29) is 12.5 Å². The molecule has 1 aliphatic rings. The van der Waals surface area contributed by atoms with Gasteiger partial charge in [-0.05, 0) is 54.0 Å². The minimum atomic E-state index is -0.564. The van der Waals surface area contributed by atoms with Crippen molar-refractivity contribution < 1.29 is 19.1 Å². The van der Waals surface area contributed by atoms with Gasteiger partial charge in [-0.2, -0.15) is 5.10 Å². The van der Waals surface area contributed by atoms with Crippen LogP contribution in [0, 0.1) is 0 Å². The van der Waals surface area contributed by atoms with Crippen molar-refractivity contribution in [1.82, 2.24) is 10.7 Å². The number of allylic oxidation sites excluding steroid dienone is 1. The van der Waals surface area contributed by atoms with Crippen molar-refractivity contribution in [2.45, 2.75) is 6.92 Å². The summed E-state index contributed by atoms with van der Waals surface area (Å²) < 4.78 is 10.7. The summed E-state index contributed by atoms with van der Waals surface area (Å²) in [5.41, 5.74) is 5.48. The predicted molar refractivity (Wildman–Crippen MR) is 131 cm³/mol. The first-order valence-electron chi connectivity index (χ1n) is 10.6. The number of nitrogens with one attached hydrogen (secondary N) is 2. The third kappa shape index (κ3) is 5.98. The fourth-order valence-electron chi connectivity index (χ4n) is 3.21. The third-order valence-electron chi connectivity index (χ3n) is 4.86. The molecular weight excluding hydrogens is 430 g/mol. The van der Waals surface area contributed by atoms with Gasteiger partial charge < -0.3 is 14.8 Å². The first-order valence-corrected chi connectivity index (χ1v) is 10.6. The van der Waals surface area contributed by atoms with Crippen molar-refractivity contribution in [1.29, 1.82) is 0 Å². The van der Waals surface area contributed by atoms with Crippen molar-refractivity contribution in [2.24, 2.45) is 5.10 Å². The molecule has 0 atom stereocenters. The van der Waals surface area contributed by atoms with E-state index in [1.807, 2.05) is 49.4 Å². The largest absolute Gasteiger partial charge is 0.454 e. The average Bonchev–Trinajstić information content (AvgIpc) is 3.32. The number of rotatable bonds is 7. The standard InChI is InChI=1S/C27H23N3O4/c1-19(14-20-8-4-2-5-9-20)17-28-30-27(32)23(29-26(31)22-10-6-3-7-11-22)15-21-12-13-24-25(16-21)34-18-33-24/h2-17H,18H2,1H3,(H,29,31)(H,30,32)/b19-14+,23-15-,28-17?. The second-order valence-corrected chi connectivity index (χ2v) is 7.49. The SMILES string of the molecule is C/C(C=NNC(=O)/C(=C/c1ccc2c(c1)OCO2)NC(=O)c1ccccc1)=C\c1ccccc1. The van der Waals surface area contributed by atoms with Gasteiger partial charge in [0.2, 0.25) is 6.79 Å². The Labute approximate surface area is 197 Å². The normalized spacial score (nSPS) is 13.1. The summed E-state index contributed by atoms with van der Waals surface area (Å²) in [4.78, 5) is 25.6. The number of nitrogens with zero attached hydrogens (tertiary/aromatic N) is 1. The lowest BCUT2D eigenvalue weighted by molar-refractivity contribution is -0.117. The maximum Gasteiger partial charge on any atom is 0.287 e. The predicted octanol–water partition coefficient (Wildman–Crippen LogP) is 4.39. The molecule has 0 aromatic heterocycles. The summed E-state index contributed by atoms with van der Waals surface area (Å²) in [6.07, 6.45) is 5.04. The van der Waals surface area contributed by atoms with Gasteiger partial charge in [-0.25, -0.2) is 5.43 Å². The maximum absolute atomic E-state index is 12.9. The van der Waals surface area contributed by atoms with Crippen LogP contribution in [0.3, 0.4) is 0 Å². The molecule has 7 nitrogen and oxygen atoms in total. The zero-order valence-electron chi connectivity index (χ0n) is 18.5. The number of amides is 2. The molecule has 0 radical (unpaired) electrons. The van der Waals surface area contributed by atoms with Crippen LogP contribution in [-0.4, -0.2) is 24.8 Å². The van der Waals surface area contributed by atoms with Crippen molar-refractivity contribution >= 4 is 30.2 Å². The minimum Gasteiger partial charge on any atom is -0.454 e. The lowest BCUT2D eigenvalue weighted by Crippen LogP contribution is -2.32. The molecule has 3 aromatic carbocycles. The topological polar surface area (TPSA) is 89.0 Å². The summed E-state index contributed by atoms with van der Waals surface area (Å²) in [5, 5.41) is 6.71. The van der Waals surface area contributed by atoms with Crippen LogP contribution in [0.25, 0.3) is 12.2 Å². The lowest BCUT2D eigenvalue weighted by Gasteiger charge is -2.09. The molecule has 0 saturated heterocycles. The highest BCUT2D eigenvalue weighted by Gasteiger charge is 2.16. The minimum absolute atomic E-state index is 0.0366. The van der Waals surface area contributed by atoms with E-state index in [0.29, 0.717) is 22.6 Å². The van der Waals surface area contributed by atoms with Gasteiger partial charge in [-0.15, -0.1) is 0 Å². The summed E-state index contributed by atoms with van der Waals surface area (Å²) in [5.74, 6) is 0.224. The van der Waals surface area contributed by atoms with Crippen molar-refractivity contribution in [3.8, 4) is 11.5 Å². The summed E-state index contributed by atoms with van der Waals surface area (Å²) in [7, 11) is 0. The Kier molecular flexibility index (Phi) is 7.15. The third-order valence-corrected chi connectivity index (χ3v) is 4.86. The first-order chi connectivity index (χ1) is 16.6. The molecular formula is C27H23N3O4. The number of hydrazone groups is 1. The van der Waals surface area contributed by atoms with Crippen molar-refractivity contribution in [3.05, 3.63) is 107 Å². The average molecular weight is 453 g/mol. The van der Waals surface area contributed by atoms with Crippen LogP contribution >= 0.6 is 0 Å². The van der Waals surface area contributed by atoms with E-state index in [4.69, 9.17) is 9.47 Å². The van der Waals surface area contributed by atoms with Crippen LogP contribution in [0.1, 0.15) is 28.4 Å². The molecule has 0 unspecified atom stereocenters. The molecule has 34 heavy (non-hydrogen) atoms. The van der Waals surface area contributed by atoms with E-state index >= 15 is 0 Å². The van der Waals surface area contributed by atoms with Gasteiger partial charge in [-0.3, -0.25) is 9.59 Å². The quantitative estimate of drug-likeness (QED) is 0.315. The van der Waals surface area contributed by atoms with Crippen LogP contribution in [0.4, 0.5) is 0 Å².